The van der Waals surface area contributed by atoms with Gasteiger partial charge in [-0.05, 0) is 104 Å². The fourth-order valence-corrected chi connectivity index (χ4v) is 11.4. The van der Waals surface area contributed by atoms with Crippen molar-refractivity contribution in [1.29, 1.82) is 0 Å². The van der Waals surface area contributed by atoms with Gasteiger partial charge < -0.3 is 0 Å². The first kappa shape index (κ1) is 24.9. The first-order chi connectivity index (χ1) is 15.4. The molecule has 0 aromatic rings. The van der Waals surface area contributed by atoms with E-state index in [-0.39, 0.29) is 17.1 Å². The van der Waals surface area contributed by atoms with Gasteiger partial charge in [-0.2, -0.15) is 0 Å². The van der Waals surface area contributed by atoms with Gasteiger partial charge in [-0.15, -0.1) is 0 Å². The average Bonchev–Trinajstić information content (AvgIpc) is 3.10. The van der Waals surface area contributed by atoms with Crippen LogP contribution in [-0.2, 0) is 4.79 Å². The molecule has 5 aliphatic rings. The van der Waals surface area contributed by atoms with E-state index in [9.17, 15) is 4.79 Å². The topological polar surface area (TPSA) is 17.1 Å². The Balaban J connectivity index is 1.33. The van der Waals surface area contributed by atoms with Crippen LogP contribution in [0, 0.1) is 63.6 Å². The second kappa shape index (κ2) is 8.13. The molecule has 0 heterocycles. The van der Waals surface area contributed by atoms with Crippen LogP contribution in [0.4, 0.5) is 0 Å². The maximum Gasteiger partial charge on any atom is 0.182 e. The number of hydrogen-bond donors (Lipinski definition) is 0. The van der Waals surface area contributed by atoms with Gasteiger partial charge in [-0.25, -0.2) is 0 Å². The van der Waals surface area contributed by atoms with E-state index in [1.54, 1.807) is 0 Å². The van der Waals surface area contributed by atoms with Gasteiger partial charge in [0.25, 0.3) is 0 Å². The van der Waals surface area contributed by atoms with Gasteiger partial charge in [0.15, 0.2) is 10.1 Å². The smallest absolute Gasteiger partial charge is 0.182 e. The third-order valence-corrected chi connectivity index (χ3v) is 13.9. The lowest BCUT2D eigenvalue weighted by Crippen LogP contribution is -2.70. The standard InChI is InChI=1S/C30H48Cl2O/c1-18(2)8-7-9-19(3)22-12-13-23-21-11-10-20-16-29(6)25(26(33)30(29,31)32)17-28(20,5)24(21)14-15-27(22,23)4/h18-25H,7-17H2,1-6H3/t19-,20+,21-,22+,23-,24-,25+,27+,28-,29+/m0/s1. The highest BCUT2D eigenvalue weighted by atomic mass is 35.5. The molecule has 5 aliphatic carbocycles. The van der Waals surface area contributed by atoms with E-state index in [1.165, 1.54) is 57.8 Å². The van der Waals surface area contributed by atoms with Crippen LogP contribution in [0.15, 0.2) is 0 Å². The van der Waals surface area contributed by atoms with Crippen LogP contribution < -0.4 is 0 Å². The van der Waals surface area contributed by atoms with Crippen LogP contribution in [0.25, 0.3) is 0 Å². The number of halogens is 2. The molecule has 0 radical (unpaired) electrons. The predicted molar refractivity (Wildman–Crippen MR) is 139 cm³/mol. The molecule has 5 rings (SSSR count). The fourth-order valence-electron chi connectivity index (χ4n) is 10.7. The quantitative estimate of drug-likeness (QED) is 0.348. The Morgan fingerprint density at radius 1 is 0.879 bits per heavy atom. The lowest BCUT2D eigenvalue weighted by atomic mass is 9.38. The molecule has 0 aromatic carbocycles. The Bertz CT molecular complexity index is 790. The summed E-state index contributed by atoms with van der Waals surface area (Å²) >= 11 is 13.2. The van der Waals surface area contributed by atoms with E-state index >= 15 is 0 Å². The molecular formula is C30H48Cl2O. The highest BCUT2D eigenvalue weighted by Crippen LogP contribution is 2.74. The third kappa shape index (κ3) is 3.39. The molecule has 5 saturated carbocycles. The van der Waals surface area contributed by atoms with E-state index in [1.807, 2.05) is 0 Å². The normalized spacial score (nSPS) is 51.2. The largest absolute Gasteiger partial charge is 0.296 e. The summed E-state index contributed by atoms with van der Waals surface area (Å²) in [6, 6.07) is 0. The lowest BCUT2D eigenvalue weighted by Gasteiger charge is -2.68. The van der Waals surface area contributed by atoms with E-state index < -0.39 is 4.33 Å². The summed E-state index contributed by atoms with van der Waals surface area (Å²) in [5.41, 5.74) is 0.630. The second-order valence-electron chi connectivity index (χ2n) is 14.5. The first-order valence-electron chi connectivity index (χ1n) is 14.3. The van der Waals surface area contributed by atoms with Gasteiger partial charge >= 0.3 is 0 Å². The summed E-state index contributed by atoms with van der Waals surface area (Å²) < 4.78 is -1.15. The Morgan fingerprint density at radius 3 is 2.27 bits per heavy atom. The van der Waals surface area contributed by atoms with Crippen LogP contribution in [0.3, 0.4) is 0 Å². The molecule has 0 aliphatic heterocycles. The second-order valence-corrected chi connectivity index (χ2v) is 15.8. The van der Waals surface area contributed by atoms with Crippen molar-refractivity contribution in [2.75, 3.05) is 0 Å². The van der Waals surface area contributed by atoms with Crippen molar-refractivity contribution in [3.63, 3.8) is 0 Å². The number of fused-ring (bicyclic) bond motifs is 6. The Hall–Kier alpha value is 0.250. The molecule has 0 amide bonds. The lowest BCUT2D eigenvalue weighted by molar-refractivity contribution is -0.183. The summed E-state index contributed by atoms with van der Waals surface area (Å²) in [7, 11) is 0. The highest BCUT2D eigenvalue weighted by molar-refractivity contribution is 6.61. The molecule has 5 fully saturated rings. The van der Waals surface area contributed by atoms with Gasteiger partial charge in [0.05, 0.1) is 0 Å². The summed E-state index contributed by atoms with van der Waals surface area (Å²) in [4.78, 5) is 12.9. The third-order valence-electron chi connectivity index (χ3n) is 12.7. The van der Waals surface area contributed by atoms with E-state index in [0.717, 1.165) is 48.3 Å². The van der Waals surface area contributed by atoms with Gasteiger partial charge in [-0.1, -0.05) is 84.0 Å². The molecule has 0 unspecified atom stereocenters. The van der Waals surface area contributed by atoms with Gasteiger partial charge in [0, 0.05) is 11.3 Å². The van der Waals surface area contributed by atoms with Crippen molar-refractivity contribution in [2.24, 2.45) is 63.6 Å². The Labute approximate surface area is 213 Å². The molecule has 3 heteroatoms. The van der Waals surface area contributed by atoms with Crippen molar-refractivity contribution in [2.45, 2.75) is 117 Å². The summed E-state index contributed by atoms with van der Waals surface area (Å²) in [6.07, 6.45) is 14.7. The zero-order chi connectivity index (χ0) is 24.0. The van der Waals surface area contributed by atoms with E-state index in [0.29, 0.717) is 16.7 Å². The summed E-state index contributed by atoms with van der Waals surface area (Å²) in [5, 5.41) is 0. The molecule has 188 valence electrons. The Kier molecular flexibility index (Phi) is 6.14. The minimum absolute atomic E-state index is 0.0816. The monoisotopic (exact) mass is 494 g/mol. The predicted octanol–water partition coefficient (Wildman–Crippen LogP) is 9.10. The number of ketones is 1. The minimum atomic E-state index is -1.15. The number of rotatable bonds is 5. The van der Waals surface area contributed by atoms with Crippen LogP contribution in [-0.4, -0.2) is 10.1 Å². The molecule has 0 saturated heterocycles. The number of Topliss-reactive ketones (excluding diaryl/α,β-unsaturated/α-hetero) is 1. The van der Waals surface area contributed by atoms with E-state index in [4.69, 9.17) is 23.2 Å². The van der Waals surface area contributed by atoms with Crippen molar-refractivity contribution < 1.29 is 4.79 Å². The molecule has 10 atom stereocenters. The number of alkyl halides is 2. The van der Waals surface area contributed by atoms with Gasteiger partial charge in [0.1, 0.15) is 0 Å². The maximum absolute atomic E-state index is 12.9. The molecule has 0 spiro atoms. The number of carbonyl (C=O) groups excluding carboxylic acids is 1. The minimum Gasteiger partial charge on any atom is -0.296 e. The van der Waals surface area contributed by atoms with Crippen molar-refractivity contribution in [3.05, 3.63) is 0 Å². The van der Waals surface area contributed by atoms with Crippen LogP contribution in [0.1, 0.15) is 112 Å². The first-order valence-corrected chi connectivity index (χ1v) is 15.0. The van der Waals surface area contributed by atoms with Crippen molar-refractivity contribution in [1.82, 2.24) is 0 Å². The number of hydrogen-bond acceptors (Lipinski definition) is 1. The molecule has 0 N–H and O–H groups in total. The zero-order valence-corrected chi connectivity index (χ0v) is 23.6. The molecular weight excluding hydrogens is 447 g/mol. The molecule has 1 nitrogen and oxygen atoms in total. The van der Waals surface area contributed by atoms with Crippen LogP contribution >= 0.6 is 23.2 Å². The van der Waals surface area contributed by atoms with Gasteiger partial charge in [0.2, 0.25) is 0 Å². The summed E-state index contributed by atoms with van der Waals surface area (Å²) in [6.45, 7) is 14.7. The van der Waals surface area contributed by atoms with Gasteiger partial charge in [-0.3, -0.25) is 4.79 Å². The SMILES string of the molecule is CC(C)CCC[C@H](C)[C@H]1CC[C@H]2[C@@H]3CC[C@@H]4C[C@]5(C)[C@H](C[C@]4(C)[C@H]3CC[C@]12C)C(=O)C5(Cl)Cl. The maximum atomic E-state index is 12.9. The summed E-state index contributed by atoms with van der Waals surface area (Å²) in [5.74, 6) is 6.06. The van der Waals surface area contributed by atoms with Crippen LogP contribution in [0.2, 0.25) is 0 Å². The molecule has 33 heavy (non-hydrogen) atoms. The number of carbonyl (C=O) groups is 1. The average molecular weight is 496 g/mol. The molecule has 0 aromatic heterocycles. The Morgan fingerprint density at radius 2 is 1.58 bits per heavy atom. The molecule has 0 bridgehead atoms. The van der Waals surface area contributed by atoms with Crippen LogP contribution in [0.5, 0.6) is 0 Å². The van der Waals surface area contributed by atoms with E-state index in [2.05, 4.69) is 41.5 Å². The zero-order valence-electron chi connectivity index (χ0n) is 22.1. The van der Waals surface area contributed by atoms with Crippen molar-refractivity contribution >= 4 is 29.0 Å². The van der Waals surface area contributed by atoms with Crippen molar-refractivity contribution in [3.8, 4) is 0 Å². The fraction of sp³-hybridized carbons (Fsp3) is 0.967. The highest BCUT2D eigenvalue weighted by Gasteiger charge is 2.74.